The molecule has 0 spiro atoms. The molecule has 1 rings (SSSR count). The van der Waals surface area contributed by atoms with E-state index in [0.717, 1.165) is 11.0 Å². The maximum Gasteiger partial charge on any atom is 0.305 e. The number of hydrogen-bond donors (Lipinski definition) is 1. The van der Waals surface area contributed by atoms with Crippen LogP contribution in [0.5, 0.6) is 0 Å². The zero-order chi connectivity index (χ0) is 13.5. The zero-order valence-electron chi connectivity index (χ0n) is 10.6. The summed E-state index contributed by atoms with van der Waals surface area (Å²) in [5.74, 6) is -0.279. The molecular weight excluding hydrogens is 318 g/mol. The monoisotopic (exact) mass is 335 g/mol. The molecule has 0 radical (unpaired) electrons. The summed E-state index contributed by atoms with van der Waals surface area (Å²) in [6.07, 6.45) is 0.193. The standard InChI is InChI=1S/C12H18BrNO3S/c1-14(7-11-5-9(13)8-18-11)6-10(15)3-4-12(16)17-2/h5,8,10,15H,3-4,6-7H2,1-2H3. The number of ether oxygens (including phenoxy) is 1. The number of carbonyl (C=O) groups excluding carboxylic acids is 1. The molecule has 1 N–H and O–H groups in total. The van der Waals surface area contributed by atoms with Gasteiger partial charge in [0.15, 0.2) is 0 Å². The first-order valence-corrected chi connectivity index (χ1v) is 7.35. The van der Waals surface area contributed by atoms with Crippen molar-refractivity contribution in [1.82, 2.24) is 4.90 Å². The summed E-state index contributed by atoms with van der Waals surface area (Å²) in [6, 6.07) is 2.07. The van der Waals surface area contributed by atoms with Crippen molar-refractivity contribution >= 4 is 33.2 Å². The maximum atomic E-state index is 10.9. The molecule has 18 heavy (non-hydrogen) atoms. The lowest BCUT2D eigenvalue weighted by Crippen LogP contribution is -2.29. The number of nitrogens with zero attached hydrogens (tertiary/aromatic N) is 1. The molecule has 0 aliphatic carbocycles. The van der Waals surface area contributed by atoms with Crippen molar-refractivity contribution in [2.45, 2.75) is 25.5 Å². The first-order valence-electron chi connectivity index (χ1n) is 5.67. The smallest absolute Gasteiger partial charge is 0.305 e. The number of hydrogen-bond acceptors (Lipinski definition) is 5. The van der Waals surface area contributed by atoms with Crippen molar-refractivity contribution in [3.8, 4) is 0 Å². The second-order valence-electron chi connectivity index (χ2n) is 4.20. The third-order valence-corrected chi connectivity index (χ3v) is 4.16. The first-order chi connectivity index (χ1) is 8.51. The SMILES string of the molecule is COC(=O)CCC(O)CN(C)Cc1cc(Br)cs1. The lowest BCUT2D eigenvalue weighted by molar-refractivity contribution is -0.141. The molecule has 102 valence electrons. The van der Waals surface area contributed by atoms with Crippen molar-refractivity contribution in [2.75, 3.05) is 20.7 Å². The van der Waals surface area contributed by atoms with Gasteiger partial charge < -0.3 is 9.84 Å². The molecule has 6 heteroatoms. The minimum atomic E-state index is -0.502. The summed E-state index contributed by atoms with van der Waals surface area (Å²) in [5, 5.41) is 11.8. The molecular formula is C12H18BrNO3S. The van der Waals surface area contributed by atoms with E-state index in [0.29, 0.717) is 13.0 Å². The van der Waals surface area contributed by atoms with Gasteiger partial charge in [0.05, 0.1) is 13.2 Å². The molecule has 0 aromatic carbocycles. The van der Waals surface area contributed by atoms with E-state index in [9.17, 15) is 9.90 Å². The Balaban J connectivity index is 2.26. The Morgan fingerprint density at radius 1 is 1.67 bits per heavy atom. The summed E-state index contributed by atoms with van der Waals surface area (Å²) >= 11 is 5.10. The summed E-state index contributed by atoms with van der Waals surface area (Å²) in [5.41, 5.74) is 0. The largest absolute Gasteiger partial charge is 0.469 e. The van der Waals surface area contributed by atoms with Crippen LogP contribution in [-0.4, -0.2) is 42.8 Å². The van der Waals surface area contributed by atoms with Crippen LogP contribution in [0, 0.1) is 0 Å². The van der Waals surface area contributed by atoms with Gasteiger partial charge in [0, 0.05) is 34.2 Å². The van der Waals surface area contributed by atoms with Gasteiger partial charge >= 0.3 is 5.97 Å². The lowest BCUT2D eigenvalue weighted by Gasteiger charge is -2.19. The Morgan fingerprint density at radius 3 is 2.94 bits per heavy atom. The molecule has 0 saturated heterocycles. The van der Waals surface area contributed by atoms with Crippen LogP contribution >= 0.6 is 27.3 Å². The third-order valence-electron chi connectivity index (χ3n) is 2.48. The van der Waals surface area contributed by atoms with E-state index in [-0.39, 0.29) is 12.4 Å². The van der Waals surface area contributed by atoms with E-state index in [4.69, 9.17) is 0 Å². The van der Waals surface area contributed by atoms with E-state index >= 15 is 0 Å². The van der Waals surface area contributed by atoms with Gasteiger partial charge in [0.25, 0.3) is 0 Å². The lowest BCUT2D eigenvalue weighted by atomic mass is 10.2. The van der Waals surface area contributed by atoms with Gasteiger partial charge in [-0.05, 0) is 35.5 Å². The molecule has 0 saturated carbocycles. The maximum absolute atomic E-state index is 10.9. The number of rotatable bonds is 7. The average molecular weight is 336 g/mol. The number of aliphatic hydroxyl groups is 1. The van der Waals surface area contributed by atoms with Crippen LogP contribution in [0.15, 0.2) is 15.9 Å². The fourth-order valence-corrected chi connectivity index (χ4v) is 3.14. The number of esters is 1. The van der Waals surface area contributed by atoms with E-state index < -0.39 is 6.10 Å². The minimum absolute atomic E-state index is 0.260. The minimum Gasteiger partial charge on any atom is -0.469 e. The van der Waals surface area contributed by atoms with Gasteiger partial charge in [-0.2, -0.15) is 0 Å². The Morgan fingerprint density at radius 2 is 2.39 bits per heavy atom. The van der Waals surface area contributed by atoms with Crippen LogP contribution in [0.3, 0.4) is 0 Å². The Hall–Kier alpha value is -0.430. The molecule has 0 aliphatic rings. The Labute approximate surface area is 120 Å². The molecule has 1 unspecified atom stereocenters. The molecule has 0 amide bonds. The molecule has 0 fully saturated rings. The highest BCUT2D eigenvalue weighted by Gasteiger charge is 2.11. The number of aliphatic hydroxyl groups excluding tert-OH is 1. The van der Waals surface area contributed by atoms with Crippen LogP contribution in [0.25, 0.3) is 0 Å². The number of halogens is 1. The van der Waals surface area contributed by atoms with Crippen molar-refractivity contribution in [3.63, 3.8) is 0 Å². The Bertz CT molecular complexity index is 383. The van der Waals surface area contributed by atoms with Crippen molar-refractivity contribution < 1.29 is 14.6 Å². The van der Waals surface area contributed by atoms with E-state index in [2.05, 4.69) is 26.7 Å². The number of likely N-dealkylation sites (N-methyl/N-ethyl adjacent to an activating group) is 1. The fraction of sp³-hybridized carbons (Fsp3) is 0.583. The van der Waals surface area contributed by atoms with Crippen molar-refractivity contribution in [3.05, 3.63) is 20.8 Å². The van der Waals surface area contributed by atoms with Crippen LogP contribution < -0.4 is 0 Å². The normalized spacial score (nSPS) is 12.7. The third kappa shape index (κ3) is 5.95. The van der Waals surface area contributed by atoms with Gasteiger partial charge in [-0.1, -0.05) is 0 Å². The number of carbonyl (C=O) groups is 1. The second kappa shape index (κ2) is 7.89. The second-order valence-corrected chi connectivity index (χ2v) is 6.11. The van der Waals surface area contributed by atoms with Crippen LogP contribution in [0.4, 0.5) is 0 Å². The van der Waals surface area contributed by atoms with Crippen LogP contribution in [0.1, 0.15) is 17.7 Å². The van der Waals surface area contributed by atoms with E-state index in [1.165, 1.54) is 12.0 Å². The van der Waals surface area contributed by atoms with Crippen molar-refractivity contribution in [2.24, 2.45) is 0 Å². The molecule has 4 nitrogen and oxygen atoms in total. The highest BCUT2D eigenvalue weighted by molar-refractivity contribution is 9.10. The predicted molar refractivity (Wildman–Crippen MR) is 75.6 cm³/mol. The molecule has 0 bridgehead atoms. The van der Waals surface area contributed by atoms with Gasteiger partial charge in [-0.25, -0.2) is 0 Å². The molecule has 1 heterocycles. The first kappa shape index (κ1) is 15.6. The van der Waals surface area contributed by atoms with E-state index in [1.807, 2.05) is 17.3 Å². The molecule has 1 aromatic rings. The topological polar surface area (TPSA) is 49.8 Å². The fourth-order valence-electron chi connectivity index (χ4n) is 1.60. The number of methoxy groups -OCH3 is 1. The highest BCUT2D eigenvalue weighted by atomic mass is 79.9. The van der Waals surface area contributed by atoms with Gasteiger partial charge in [0.1, 0.15) is 0 Å². The Kier molecular flexibility index (Phi) is 6.85. The summed E-state index contributed by atoms with van der Waals surface area (Å²) < 4.78 is 5.62. The van der Waals surface area contributed by atoms with Gasteiger partial charge in [0.2, 0.25) is 0 Å². The predicted octanol–water partition coefficient (Wildman–Crippen LogP) is 2.26. The van der Waals surface area contributed by atoms with Crippen molar-refractivity contribution in [1.29, 1.82) is 0 Å². The molecule has 1 aromatic heterocycles. The van der Waals surface area contributed by atoms with Crippen LogP contribution in [-0.2, 0) is 16.1 Å². The van der Waals surface area contributed by atoms with Crippen LogP contribution in [0.2, 0.25) is 0 Å². The summed E-state index contributed by atoms with van der Waals surface area (Å²) in [7, 11) is 3.31. The quantitative estimate of drug-likeness (QED) is 0.776. The van der Waals surface area contributed by atoms with E-state index in [1.54, 1.807) is 11.3 Å². The summed E-state index contributed by atoms with van der Waals surface area (Å²) in [4.78, 5) is 14.2. The molecule has 0 aliphatic heterocycles. The summed E-state index contributed by atoms with van der Waals surface area (Å²) in [6.45, 7) is 1.35. The molecule has 1 atom stereocenters. The average Bonchev–Trinajstić information content (AvgIpc) is 2.71. The zero-order valence-corrected chi connectivity index (χ0v) is 13.0. The van der Waals surface area contributed by atoms with Gasteiger partial charge in [-0.15, -0.1) is 11.3 Å². The number of thiophene rings is 1. The highest BCUT2D eigenvalue weighted by Crippen LogP contribution is 2.20. The van der Waals surface area contributed by atoms with Gasteiger partial charge in [-0.3, -0.25) is 9.69 Å².